The van der Waals surface area contributed by atoms with Gasteiger partial charge in [-0.15, -0.1) is 0 Å². The van der Waals surface area contributed by atoms with Gasteiger partial charge < -0.3 is 25.2 Å². The fourth-order valence-electron chi connectivity index (χ4n) is 3.90. The average Bonchev–Trinajstić information content (AvgIpc) is 2.88. The van der Waals surface area contributed by atoms with Gasteiger partial charge in [0.25, 0.3) is 5.91 Å². The van der Waals surface area contributed by atoms with E-state index in [0.29, 0.717) is 16.3 Å². The van der Waals surface area contributed by atoms with Crippen LogP contribution in [0.25, 0.3) is 0 Å². The van der Waals surface area contributed by atoms with Crippen LogP contribution >= 0.6 is 34.2 Å². The molecule has 3 rings (SSSR count). The van der Waals surface area contributed by atoms with Gasteiger partial charge >= 0.3 is 0 Å². The Morgan fingerprint density at radius 2 is 1.86 bits per heavy atom. The molecule has 36 heavy (non-hydrogen) atoms. The van der Waals surface area contributed by atoms with Gasteiger partial charge in [-0.2, -0.15) is 0 Å². The van der Waals surface area contributed by atoms with E-state index in [1.807, 2.05) is 12.1 Å². The van der Waals surface area contributed by atoms with Gasteiger partial charge in [-0.05, 0) is 58.5 Å². The highest BCUT2D eigenvalue weighted by Gasteiger charge is 2.41. The van der Waals surface area contributed by atoms with Crippen LogP contribution in [0.3, 0.4) is 0 Å². The smallest absolute Gasteiger partial charge is 0.290 e. The van der Waals surface area contributed by atoms with E-state index in [1.165, 1.54) is 11.0 Å². The second-order valence-corrected chi connectivity index (χ2v) is 9.88. The first-order valence-electron chi connectivity index (χ1n) is 11.5. The number of benzene rings is 2. The number of aliphatic hydroxyl groups excluding tert-OH is 2. The van der Waals surface area contributed by atoms with Crippen LogP contribution in [0.1, 0.15) is 25.3 Å². The third-order valence-corrected chi connectivity index (χ3v) is 6.94. The number of ether oxygens (including phenoxy) is 1. The van der Waals surface area contributed by atoms with Crippen LogP contribution in [0.4, 0.5) is 0 Å². The number of nitrogens with one attached hydrogen (secondary N) is 1. The summed E-state index contributed by atoms with van der Waals surface area (Å²) in [5, 5.41) is 23.6. The lowest BCUT2D eigenvalue weighted by atomic mass is 9.87. The molecule has 2 aromatic rings. The van der Waals surface area contributed by atoms with Gasteiger partial charge in [0.2, 0.25) is 11.7 Å². The van der Waals surface area contributed by atoms with E-state index >= 15 is 0 Å². The van der Waals surface area contributed by atoms with Gasteiger partial charge in [-0.1, -0.05) is 42.8 Å². The Balaban J connectivity index is 2.00. The molecule has 0 aromatic heterocycles. The molecule has 1 aliphatic rings. The van der Waals surface area contributed by atoms with Crippen LogP contribution in [0.15, 0.2) is 60.2 Å². The van der Waals surface area contributed by atoms with Crippen molar-refractivity contribution in [3.05, 3.63) is 74.3 Å². The number of rotatable bonds is 10. The van der Waals surface area contributed by atoms with Crippen LogP contribution in [0.2, 0.25) is 5.02 Å². The standard InChI is InChI=1S/C26H28ClIN2O6/c1-2-21(32)26(35)30(15-16-7-9-18(27)10-8-16)20-13-17(25(34)29-11-12-31)14-23(24(20)33)36-22-6-4-3-5-19(22)28/h3-10,14,20,23-24,31,33H,2,11-13,15H2,1H3,(H,29,34)/t20-,23+,24+/m1/s1. The number of carbonyl (C=O) groups is 3. The first-order valence-corrected chi connectivity index (χ1v) is 13.0. The van der Waals surface area contributed by atoms with E-state index in [9.17, 15) is 19.5 Å². The summed E-state index contributed by atoms with van der Waals surface area (Å²) < 4.78 is 6.90. The minimum Gasteiger partial charge on any atom is -0.482 e. The maximum Gasteiger partial charge on any atom is 0.290 e. The molecular weight excluding hydrogens is 599 g/mol. The fourth-order valence-corrected chi connectivity index (χ4v) is 4.54. The highest BCUT2D eigenvalue weighted by Crippen LogP contribution is 2.30. The Kier molecular flexibility index (Phi) is 10.3. The van der Waals surface area contributed by atoms with Crippen molar-refractivity contribution in [1.82, 2.24) is 10.2 Å². The number of ketones is 1. The minimum absolute atomic E-state index is 0.000491. The highest BCUT2D eigenvalue weighted by molar-refractivity contribution is 14.1. The first kappa shape index (κ1) is 28.1. The van der Waals surface area contributed by atoms with Crippen molar-refractivity contribution in [3.63, 3.8) is 0 Å². The summed E-state index contributed by atoms with van der Waals surface area (Å²) in [6, 6.07) is 13.1. The molecule has 0 saturated heterocycles. The Morgan fingerprint density at radius 1 is 1.17 bits per heavy atom. The lowest BCUT2D eigenvalue weighted by Gasteiger charge is -2.40. The van der Waals surface area contributed by atoms with E-state index < -0.39 is 35.8 Å². The third-order valence-electron chi connectivity index (χ3n) is 5.80. The van der Waals surface area contributed by atoms with Crippen molar-refractivity contribution in [2.24, 2.45) is 0 Å². The van der Waals surface area contributed by atoms with E-state index in [4.69, 9.17) is 21.4 Å². The largest absolute Gasteiger partial charge is 0.482 e. The average molecular weight is 627 g/mol. The molecule has 0 fully saturated rings. The molecule has 0 bridgehead atoms. The van der Waals surface area contributed by atoms with Crippen molar-refractivity contribution in [2.75, 3.05) is 13.2 Å². The van der Waals surface area contributed by atoms with Crippen LogP contribution in [-0.4, -0.2) is 64.1 Å². The maximum absolute atomic E-state index is 13.2. The molecule has 0 heterocycles. The lowest BCUT2D eigenvalue weighted by Crippen LogP contribution is -2.56. The van der Waals surface area contributed by atoms with Gasteiger partial charge in [0.05, 0.1) is 16.2 Å². The topological polar surface area (TPSA) is 116 Å². The molecule has 192 valence electrons. The van der Waals surface area contributed by atoms with Gasteiger partial charge in [0, 0.05) is 36.5 Å². The Bertz CT molecular complexity index is 1120. The van der Waals surface area contributed by atoms with Crippen molar-refractivity contribution in [2.45, 2.75) is 44.6 Å². The number of carbonyl (C=O) groups excluding carboxylic acids is 3. The number of nitrogens with zero attached hydrogens (tertiary/aromatic N) is 1. The normalized spacial score (nSPS) is 19.2. The molecule has 2 amide bonds. The van der Waals surface area contributed by atoms with Crippen molar-refractivity contribution in [3.8, 4) is 5.75 Å². The number of hydrogen-bond acceptors (Lipinski definition) is 6. The molecule has 0 aliphatic heterocycles. The van der Waals surface area contributed by atoms with E-state index in [1.54, 1.807) is 43.3 Å². The quantitative estimate of drug-likeness (QED) is 0.276. The van der Waals surface area contributed by atoms with E-state index in [0.717, 1.165) is 3.57 Å². The van der Waals surface area contributed by atoms with E-state index in [-0.39, 0.29) is 38.1 Å². The second-order valence-electron chi connectivity index (χ2n) is 8.28. The van der Waals surface area contributed by atoms with Crippen molar-refractivity contribution in [1.29, 1.82) is 0 Å². The number of aliphatic hydroxyl groups is 2. The summed E-state index contributed by atoms with van der Waals surface area (Å²) in [6.07, 6.45) is -0.659. The van der Waals surface area contributed by atoms with Gasteiger partial charge in [0.1, 0.15) is 18.0 Å². The SMILES string of the molecule is CCC(=O)C(=O)N(Cc1ccc(Cl)cc1)[C@@H]1CC(C(=O)NCCO)=C[C@H](Oc2ccccc2I)[C@H]1O. The van der Waals surface area contributed by atoms with Crippen molar-refractivity contribution < 1.29 is 29.3 Å². The Labute approximate surface area is 228 Å². The summed E-state index contributed by atoms with van der Waals surface area (Å²) in [5.41, 5.74) is 0.993. The van der Waals surface area contributed by atoms with Gasteiger partial charge in [-0.3, -0.25) is 14.4 Å². The minimum atomic E-state index is -1.23. The monoisotopic (exact) mass is 626 g/mol. The number of Topliss-reactive ketones (excluding diaryl/α,β-unsaturated/α-hetero) is 1. The molecular formula is C26H28ClIN2O6. The number of para-hydroxylation sites is 1. The molecule has 0 radical (unpaired) electrons. The van der Waals surface area contributed by atoms with Crippen LogP contribution in [-0.2, 0) is 20.9 Å². The molecule has 1 aliphatic carbocycles. The zero-order valence-corrected chi connectivity index (χ0v) is 22.6. The van der Waals surface area contributed by atoms with Crippen LogP contribution < -0.4 is 10.1 Å². The van der Waals surface area contributed by atoms with E-state index in [2.05, 4.69) is 27.9 Å². The predicted molar refractivity (Wildman–Crippen MR) is 143 cm³/mol. The molecule has 10 heteroatoms. The summed E-state index contributed by atoms with van der Waals surface area (Å²) in [6.45, 7) is 1.44. The highest BCUT2D eigenvalue weighted by atomic mass is 127. The first-order chi connectivity index (χ1) is 17.2. The molecule has 0 spiro atoms. The molecule has 2 aromatic carbocycles. The molecule has 0 unspecified atom stereocenters. The fraction of sp³-hybridized carbons (Fsp3) is 0.346. The number of halogens is 2. The summed E-state index contributed by atoms with van der Waals surface area (Å²) in [4.78, 5) is 39.8. The second kappa shape index (κ2) is 13.2. The summed E-state index contributed by atoms with van der Waals surface area (Å²) in [5.74, 6) is -1.29. The zero-order chi connectivity index (χ0) is 26.2. The molecule has 8 nitrogen and oxygen atoms in total. The number of amides is 2. The number of hydrogen-bond donors (Lipinski definition) is 3. The third kappa shape index (κ3) is 7.06. The van der Waals surface area contributed by atoms with Crippen LogP contribution in [0.5, 0.6) is 5.75 Å². The van der Waals surface area contributed by atoms with Gasteiger partial charge in [0.15, 0.2) is 0 Å². The van der Waals surface area contributed by atoms with Crippen LogP contribution in [0, 0.1) is 3.57 Å². The van der Waals surface area contributed by atoms with Gasteiger partial charge in [-0.25, -0.2) is 0 Å². The molecule has 0 saturated carbocycles. The zero-order valence-electron chi connectivity index (χ0n) is 19.7. The molecule has 3 atom stereocenters. The Morgan fingerprint density at radius 3 is 2.50 bits per heavy atom. The Hall–Kier alpha value is -2.47. The lowest BCUT2D eigenvalue weighted by molar-refractivity contribution is -0.149. The maximum atomic E-state index is 13.2. The molecule has 3 N–H and O–H groups in total. The van der Waals surface area contributed by atoms with Crippen molar-refractivity contribution >= 4 is 51.8 Å². The summed E-state index contributed by atoms with van der Waals surface area (Å²) in [7, 11) is 0. The summed E-state index contributed by atoms with van der Waals surface area (Å²) >= 11 is 8.11. The predicted octanol–water partition coefficient (Wildman–Crippen LogP) is 2.87.